The van der Waals surface area contributed by atoms with Crippen LogP contribution in [0.5, 0.6) is 0 Å². The first kappa shape index (κ1) is 11.9. The van der Waals surface area contributed by atoms with Crippen LogP contribution in [0, 0.1) is 0 Å². The molecule has 0 spiro atoms. The van der Waals surface area contributed by atoms with E-state index in [1.165, 1.54) is 6.20 Å². The molecule has 1 aromatic heterocycles. The molecule has 3 nitrogen and oxygen atoms in total. The van der Waals surface area contributed by atoms with Gasteiger partial charge in [0.25, 0.3) is 5.91 Å². The summed E-state index contributed by atoms with van der Waals surface area (Å²) in [5.74, 6) is -0.104. The Hall–Kier alpha value is -1.61. The maximum atomic E-state index is 11.9. The second-order valence-electron chi connectivity index (χ2n) is 3.76. The van der Waals surface area contributed by atoms with E-state index < -0.39 is 0 Å². The number of nitrogens with one attached hydrogen (secondary N) is 1. The van der Waals surface area contributed by atoms with E-state index >= 15 is 0 Å². The number of carbonyl (C=O) groups is 1. The van der Waals surface area contributed by atoms with E-state index in [0.29, 0.717) is 17.3 Å². The van der Waals surface area contributed by atoms with Crippen molar-refractivity contribution in [2.75, 3.05) is 6.54 Å². The highest BCUT2D eigenvalue weighted by Crippen LogP contribution is 2.23. The number of hydrogen-bond donors (Lipinski definition) is 1. The van der Waals surface area contributed by atoms with E-state index in [9.17, 15) is 4.79 Å². The number of hydrogen-bond acceptors (Lipinski definition) is 2. The lowest BCUT2D eigenvalue weighted by Crippen LogP contribution is -2.24. The Morgan fingerprint density at radius 2 is 2.06 bits per heavy atom. The lowest BCUT2D eigenvalue weighted by atomic mass is 10.1. The predicted octanol–water partition coefficient (Wildman–Crippen LogP) is 3.03. The number of amides is 1. The summed E-state index contributed by atoms with van der Waals surface area (Å²) in [4.78, 5) is 16.0. The third-order valence-electron chi connectivity index (χ3n) is 2.53. The molecule has 1 aromatic carbocycles. The van der Waals surface area contributed by atoms with Crippen LogP contribution in [0.4, 0.5) is 0 Å². The summed E-state index contributed by atoms with van der Waals surface area (Å²) in [7, 11) is 0. The van der Waals surface area contributed by atoms with Crippen molar-refractivity contribution >= 4 is 28.3 Å². The molecular weight excluding hydrogens is 236 g/mol. The van der Waals surface area contributed by atoms with Crippen molar-refractivity contribution in [2.24, 2.45) is 0 Å². The number of nitrogens with zero attached hydrogens (tertiary/aromatic N) is 1. The summed E-state index contributed by atoms with van der Waals surface area (Å²) in [6, 6.07) is 7.50. The normalized spacial score (nSPS) is 10.5. The van der Waals surface area contributed by atoms with Gasteiger partial charge in [-0.3, -0.25) is 4.79 Å². The van der Waals surface area contributed by atoms with Crippen LogP contribution in [-0.2, 0) is 0 Å². The average molecular weight is 249 g/mol. The number of fused-ring (bicyclic) bond motifs is 1. The van der Waals surface area contributed by atoms with Gasteiger partial charge in [0, 0.05) is 18.1 Å². The van der Waals surface area contributed by atoms with Gasteiger partial charge in [0.15, 0.2) is 0 Å². The Kier molecular flexibility index (Phi) is 3.59. The van der Waals surface area contributed by atoms with Crippen LogP contribution in [0.3, 0.4) is 0 Å². The molecule has 0 aliphatic rings. The van der Waals surface area contributed by atoms with Crippen molar-refractivity contribution in [1.82, 2.24) is 10.3 Å². The summed E-state index contributed by atoms with van der Waals surface area (Å²) < 4.78 is 0. The zero-order valence-electron chi connectivity index (χ0n) is 9.53. The van der Waals surface area contributed by atoms with Gasteiger partial charge in [-0.2, -0.15) is 0 Å². The summed E-state index contributed by atoms with van der Waals surface area (Å²) in [5, 5.41) is 4.90. The van der Waals surface area contributed by atoms with Crippen molar-refractivity contribution in [2.45, 2.75) is 13.3 Å². The molecule has 1 heterocycles. The molecule has 0 saturated heterocycles. The van der Waals surface area contributed by atoms with Gasteiger partial charge in [-0.25, -0.2) is 4.98 Å². The van der Waals surface area contributed by atoms with Gasteiger partial charge < -0.3 is 5.32 Å². The lowest BCUT2D eigenvalue weighted by Gasteiger charge is -2.07. The number of benzene rings is 1. The quantitative estimate of drug-likeness (QED) is 0.849. The molecule has 2 rings (SSSR count). The first-order valence-corrected chi connectivity index (χ1v) is 5.93. The van der Waals surface area contributed by atoms with Crippen LogP contribution in [0.2, 0.25) is 5.15 Å². The molecule has 0 bridgehead atoms. The maximum Gasteiger partial charge on any atom is 0.253 e. The Morgan fingerprint density at radius 1 is 1.35 bits per heavy atom. The maximum absolute atomic E-state index is 11.9. The monoisotopic (exact) mass is 248 g/mol. The number of rotatable bonds is 3. The van der Waals surface area contributed by atoms with Gasteiger partial charge in [0.1, 0.15) is 5.15 Å². The van der Waals surface area contributed by atoms with Crippen LogP contribution < -0.4 is 5.32 Å². The fourth-order valence-corrected chi connectivity index (χ4v) is 1.89. The Bertz CT molecular complexity index is 554. The minimum absolute atomic E-state index is 0.104. The molecule has 0 unspecified atom stereocenters. The van der Waals surface area contributed by atoms with Crippen LogP contribution in [0.1, 0.15) is 23.7 Å². The molecule has 1 amide bonds. The average Bonchev–Trinajstić information content (AvgIpc) is 2.37. The second-order valence-corrected chi connectivity index (χ2v) is 4.12. The lowest BCUT2D eigenvalue weighted by molar-refractivity contribution is 0.0955. The molecule has 1 N–H and O–H groups in total. The van der Waals surface area contributed by atoms with Crippen molar-refractivity contribution in [3.05, 3.63) is 41.2 Å². The van der Waals surface area contributed by atoms with Crippen LogP contribution in [0.25, 0.3) is 10.8 Å². The number of pyridine rings is 1. The predicted molar refractivity (Wildman–Crippen MR) is 69.4 cm³/mol. The zero-order chi connectivity index (χ0) is 12.3. The largest absolute Gasteiger partial charge is 0.352 e. The van der Waals surface area contributed by atoms with Gasteiger partial charge in [0.05, 0.1) is 5.56 Å². The van der Waals surface area contributed by atoms with E-state index in [4.69, 9.17) is 11.6 Å². The highest BCUT2D eigenvalue weighted by molar-refractivity contribution is 6.34. The number of aromatic nitrogens is 1. The Balaban J connectivity index is 2.48. The van der Waals surface area contributed by atoms with E-state index in [1.54, 1.807) is 0 Å². The van der Waals surface area contributed by atoms with E-state index in [0.717, 1.165) is 17.2 Å². The van der Waals surface area contributed by atoms with Gasteiger partial charge in [0.2, 0.25) is 0 Å². The van der Waals surface area contributed by atoms with E-state index in [2.05, 4.69) is 10.3 Å². The fraction of sp³-hybridized carbons (Fsp3) is 0.231. The summed E-state index contributed by atoms with van der Waals surface area (Å²) in [6.45, 7) is 2.67. The molecular formula is C13H13ClN2O. The van der Waals surface area contributed by atoms with Crippen molar-refractivity contribution < 1.29 is 4.79 Å². The summed E-state index contributed by atoms with van der Waals surface area (Å²) >= 11 is 6.00. The highest BCUT2D eigenvalue weighted by Gasteiger charge is 2.11. The molecule has 0 aliphatic heterocycles. The molecule has 0 radical (unpaired) electrons. The zero-order valence-corrected chi connectivity index (χ0v) is 10.3. The molecule has 2 aromatic rings. The van der Waals surface area contributed by atoms with Crippen LogP contribution in [-0.4, -0.2) is 17.4 Å². The highest BCUT2D eigenvalue weighted by atomic mass is 35.5. The van der Waals surface area contributed by atoms with Crippen LogP contribution >= 0.6 is 11.6 Å². The van der Waals surface area contributed by atoms with Gasteiger partial charge in [-0.1, -0.05) is 42.8 Å². The Morgan fingerprint density at radius 3 is 2.76 bits per heavy atom. The molecule has 0 fully saturated rings. The first-order chi connectivity index (χ1) is 8.24. The Labute approximate surface area is 105 Å². The standard InChI is InChI=1S/C13H13ClN2O/c1-2-7-15-13(17)11-8-16-12(14)10-6-4-3-5-9(10)11/h3-6,8H,2,7H2,1H3,(H,15,17). The summed E-state index contributed by atoms with van der Waals surface area (Å²) in [5.41, 5.74) is 0.568. The number of halogens is 1. The molecule has 0 aliphatic carbocycles. The SMILES string of the molecule is CCCNC(=O)c1cnc(Cl)c2ccccc12. The molecule has 0 atom stereocenters. The third kappa shape index (κ3) is 2.39. The topological polar surface area (TPSA) is 42.0 Å². The molecule has 88 valence electrons. The van der Waals surface area contributed by atoms with E-state index in [-0.39, 0.29) is 5.91 Å². The minimum Gasteiger partial charge on any atom is -0.352 e. The van der Waals surface area contributed by atoms with Crippen molar-refractivity contribution in [3.8, 4) is 0 Å². The summed E-state index contributed by atoms with van der Waals surface area (Å²) in [6.07, 6.45) is 2.43. The first-order valence-electron chi connectivity index (χ1n) is 5.55. The third-order valence-corrected chi connectivity index (χ3v) is 2.83. The molecule has 17 heavy (non-hydrogen) atoms. The molecule has 0 saturated carbocycles. The minimum atomic E-state index is -0.104. The van der Waals surface area contributed by atoms with Crippen LogP contribution in [0.15, 0.2) is 30.5 Å². The van der Waals surface area contributed by atoms with Gasteiger partial charge in [-0.05, 0) is 11.8 Å². The second kappa shape index (κ2) is 5.15. The van der Waals surface area contributed by atoms with Gasteiger partial charge in [-0.15, -0.1) is 0 Å². The van der Waals surface area contributed by atoms with Gasteiger partial charge >= 0.3 is 0 Å². The van der Waals surface area contributed by atoms with E-state index in [1.807, 2.05) is 31.2 Å². The van der Waals surface area contributed by atoms with Crippen molar-refractivity contribution in [1.29, 1.82) is 0 Å². The van der Waals surface area contributed by atoms with Crippen molar-refractivity contribution in [3.63, 3.8) is 0 Å². The molecule has 4 heteroatoms. The number of carbonyl (C=O) groups excluding carboxylic acids is 1. The smallest absolute Gasteiger partial charge is 0.253 e. The fourth-order valence-electron chi connectivity index (χ4n) is 1.67.